The summed E-state index contributed by atoms with van der Waals surface area (Å²) in [5.74, 6) is 1.45. The van der Waals surface area contributed by atoms with Crippen molar-refractivity contribution in [3.8, 4) is 0 Å². The van der Waals surface area contributed by atoms with E-state index in [-0.39, 0.29) is 0 Å². The van der Waals surface area contributed by atoms with Crippen LogP contribution in [0.4, 0.5) is 0 Å². The van der Waals surface area contributed by atoms with Crippen LogP contribution in [0.15, 0.2) is 5.16 Å². The first kappa shape index (κ1) is 6.95. The molecule has 0 atom stereocenters. The minimum Gasteiger partial charge on any atom is -0.409 e. The number of hydrogen-bond donors (Lipinski definition) is 1. The summed E-state index contributed by atoms with van der Waals surface area (Å²) in [4.78, 5) is 2.14. The summed E-state index contributed by atoms with van der Waals surface area (Å²) in [6.45, 7) is 0. The van der Waals surface area contributed by atoms with Crippen LogP contribution < -0.4 is 0 Å². The molecule has 1 saturated carbocycles. The van der Waals surface area contributed by atoms with E-state index < -0.39 is 0 Å². The van der Waals surface area contributed by atoms with Crippen molar-refractivity contribution in [3.05, 3.63) is 0 Å². The zero-order valence-corrected chi connectivity index (χ0v) is 6.82. The molecule has 0 radical (unpaired) electrons. The summed E-state index contributed by atoms with van der Waals surface area (Å²) in [5.41, 5.74) is 0. The molecule has 0 aromatic rings. The third kappa shape index (κ3) is 0.905. The standard InChI is InChI=1S/C8H14N2O/c1-10-7-4-2-6(3-5-7)8(10)9-11/h6-7,11H,2-5H2,1H3. The van der Waals surface area contributed by atoms with E-state index in [1.165, 1.54) is 25.7 Å². The summed E-state index contributed by atoms with van der Waals surface area (Å²) in [6, 6.07) is 0.644. The second-order valence-corrected chi connectivity index (χ2v) is 3.57. The molecule has 62 valence electrons. The highest BCUT2D eigenvalue weighted by atomic mass is 16.4. The monoisotopic (exact) mass is 154 g/mol. The molecule has 11 heavy (non-hydrogen) atoms. The molecule has 1 N–H and O–H groups in total. The first-order valence-corrected chi connectivity index (χ1v) is 4.27. The third-order valence-electron chi connectivity index (χ3n) is 3.07. The highest BCUT2D eigenvalue weighted by molar-refractivity contribution is 5.85. The number of nitrogens with zero attached hydrogens (tertiary/aromatic N) is 2. The van der Waals surface area contributed by atoms with Gasteiger partial charge in [0.15, 0.2) is 0 Å². The molecule has 3 rings (SSSR count). The van der Waals surface area contributed by atoms with Crippen LogP contribution in [0.3, 0.4) is 0 Å². The van der Waals surface area contributed by atoms with Crippen molar-refractivity contribution in [1.29, 1.82) is 0 Å². The maximum Gasteiger partial charge on any atom is 0.147 e. The normalized spacial score (nSPS) is 40.1. The van der Waals surface area contributed by atoms with Gasteiger partial charge in [-0.2, -0.15) is 0 Å². The van der Waals surface area contributed by atoms with E-state index in [4.69, 9.17) is 5.21 Å². The molecule has 2 saturated heterocycles. The van der Waals surface area contributed by atoms with Crippen molar-refractivity contribution in [2.24, 2.45) is 11.1 Å². The molecule has 0 aromatic carbocycles. The Morgan fingerprint density at radius 2 is 2.00 bits per heavy atom. The van der Waals surface area contributed by atoms with Gasteiger partial charge < -0.3 is 10.1 Å². The number of oxime groups is 1. The van der Waals surface area contributed by atoms with Crippen LogP contribution in [0.1, 0.15) is 25.7 Å². The molecule has 2 heterocycles. The summed E-state index contributed by atoms with van der Waals surface area (Å²) < 4.78 is 0. The van der Waals surface area contributed by atoms with Crippen LogP contribution in [-0.2, 0) is 0 Å². The van der Waals surface area contributed by atoms with Gasteiger partial charge in [-0.05, 0) is 25.7 Å². The molecule has 2 bridgehead atoms. The van der Waals surface area contributed by atoms with Crippen molar-refractivity contribution in [3.63, 3.8) is 0 Å². The Balaban J connectivity index is 2.23. The Bertz CT molecular complexity index is 179. The molecule has 3 heteroatoms. The molecule has 0 amide bonds. The SMILES string of the molecule is CN1C(=NO)C2CCC1CC2. The van der Waals surface area contributed by atoms with E-state index in [1.54, 1.807) is 0 Å². The number of fused-ring (bicyclic) bond motifs is 3. The lowest BCUT2D eigenvalue weighted by Gasteiger charge is -2.44. The van der Waals surface area contributed by atoms with Crippen LogP contribution in [0.2, 0.25) is 0 Å². The number of rotatable bonds is 0. The van der Waals surface area contributed by atoms with Gasteiger partial charge >= 0.3 is 0 Å². The highest BCUT2D eigenvalue weighted by Gasteiger charge is 2.36. The molecule has 2 aliphatic heterocycles. The average molecular weight is 154 g/mol. The summed E-state index contributed by atoms with van der Waals surface area (Å²) >= 11 is 0. The van der Waals surface area contributed by atoms with Crippen LogP contribution in [-0.4, -0.2) is 29.0 Å². The largest absolute Gasteiger partial charge is 0.409 e. The molecule has 3 fully saturated rings. The predicted molar refractivity (Wildman–Crippen MR) is 42.7 cm³/mol. The number of piperidine rings is 2. The molecule has 0 spiro atoms. The van der Waals surface area contributed by atoms with E-state index in [0.717, 1.165) is 5.84 Å². The maximum atomic E-state index is 8.73. The van der Waals surface area contributed by atoms with E-state index >= 15 is 0 Å². The average Bonchev–Trinajstić information content (AvgIpc) is 2.06. The minimum atomic E-state index is 0.537. The highest BCUT2D eigenvalue weighted by Crippen LogP contribution is 2.35. The van der Waals surface area contributed by atoms with Gasteiger partial charge in [0, 0.05) is 19.0 Å². The van der Waals surface area contributed by atoms with Crippen LogP contribution in [0.25, 0.3) is 0 Å². The second kappa shape index (κ2) is 2.40. The molecule has 0 aromatic heterocycles. The zero-order valence-electron chi connectivity index (χ0n) is 6.82. The Hall–Kier alpha value is -0.730. The van der Waals surface area contributed by atoms with E-state index in [2.05, 4.69) is 10.1 Å². The smallest absolute Gasteiger partial charge is 0.147 e. The third-order valence-corrected chi connectivity index (χ3v) is 3.07. The number of amidine groups is 1. The fourth-order valence-corrected chi connectivity index (χ4v) is 2.35. The Kier molecular flexibility index (Phi) is 1.51. The Morgan fingerprint density at radius 3 is 2.36 bits per heavy atom. The van der Waals surface area contributed by atoms with Crippen molar-refractivity contribution >= 4 is 5.84 Å². The minimum absolute atomic E-state index is 0.537. The fourth-order valence-electron chi connectivity index (χ4n) is 2.35. The van der Waals surface area contributed by atoms with E-state index in [0.29, 0.717) is 12.0 Å². The van der Waals surface area contributed by atoms with Gasteiger partial charge in [-0.15, -0.1) is 0 Å². The number of hydrogen-bond acceptors (Lipinski definition) is 2. The van der Waals surface area contributed by atoms with Gasteiger partial charge in [-0.3, -0.25) is 0 Å². The summed E-state index contributed by atoms with van der Waals surface area (Å²) in [7, 11) is 2.03. The lowest BCUT2D eigenvalue weighted by Crippen LogP contribution is -2.50. The van der Waals surface area contributed by atoms with Crippen molar-refractivity contribution < 1.29 is 5.21 Å². The summed E-state index contributed by atoms with van der Waals surface area (Å²) in [6.07, 6.45) is 4.99. The molecule has 3 nitrogen and oxygen atoms in total. The first-order valence-electron chi connectivity index (χ1n) is 4.27. The molecule has 0 unspecified atom stereocenters. The van der Waals surface area contributed by atoms with Crippen LogP contribution in [0, 0.1) is 5.92 Å². The van der Waals surface area contributed by atoms with Crippen molar-refractivity contribution in [1.82, 2.24) is 4.90 Å². The summed E-state index contributed by atoms with van der Waals surface area (Å²) in [5, 5.41) is 12.1. The van der Waals surface area contributed by atoms with Crippen LogP contribution >= 0.6 is 0 Å². The Morgan fingerprint density at radius 1 is 1.36 bits per heavy atom. The van der Waals surface area contributed by atoms with Gasteiger partial charge in [0.05, 0.1) is 0 Å². The quantitative estimate of drug-likeness (QED) is 0.421. The topological polar surface area (TPSA) is 35.8 Å². The van der Waals surface area contributed by atoms with Crippen molar-refractivity contribution in [2.75, 3.05) is 7.05 Å². The van der Waals surface area contributed by atoms with Gasteiger partial charge in [-0.1, -0.05) is 5.16 Å². The first-order chi connectivity index (χ1) is 5.33. The van der Waals surface area contributed by atoms with Crippen LogP contribution in [0.5, 0.6) is 0 Å². The lowest BCUT2D eigenvalue weighted by molar-refractivity contribution is 0.179. The molecular weight excluding hydrogens is 140 g/mol. The predicted octanol–water partition coefficient (Wildman–Crippen LogP) is 1.28. The van der Waals surface area contributed by atoms with Crippen molar-refractivity contribution in [2.45, 2.75) is 31.7 Å². The molecule has 3 aliphatic rings. The second-order valence-electron chi connectivity index (χ2n) is 3.57. The van der Waals surface area contributed by atoms with E-state index in [9.17, 15) is 0 Å². The zero-order chi connectivity index (χ0) is 7.84. The Labute approximate surface area is 66.7 Å². The fraction of sp³-hybridized carbons (Fsp3) is 0.875. The lowest BCUT2D eigenvalue weighted by atomic mass is 9.79. The molecular formula is C8H14N2O. The van der Waals surface area contributed by atoms with E-state index in [1.807, 2.05) is 7.05 Å². The van der Waals surface area contributed by atoms with Gasteiger partial charge in [-0.25, -0.2) is 0 Å². The van der Waals surface area contributed by atoms with Gasteiger partial charge in [0.2, 0.25) is 0 Å². The van der Waals surface area contributed by atoms with Gasteiger partial charge in [0.1, 0.15) is 5.84 Å². The maximum absolute atomic E-state index is 8.73. The molecule has 1 aliphatic carbocycles. The van der Waals surface area contributed by atoms with Gasteiger partial charge in [0.25, 0.3) is 0 Å².